The summed E-state index contributed by atoms with van der Waals surface area (Å²) in [6.45, 7) is 4.03. The summed E-state index contributed by atoms with van der Waals surface area (Å²) in [7, 11) is 0. The van der Waals surface area contributed by atoms with Crippen LogP contribution in [0.4, 0.5) is 11.8 Å². The summed E-state index contributed by atoms with van der Waals surface area (Å²) in [5.74, 6) is 0.550. The minimum absolute atomic E-state index is 0.0835. The third-order valence-electron chi connectivity index (χ3n) is 2.97. The molecule has 3 N–H and O–H groups in total. The number of nitrogens with two attached hydrogens (primary N) is 1. The number of amides is 1. The summed E-state index contributed by atoms with van der Waals surface area (Å²) >= 11 is 5.89. The van der Waals surface area contributed by atoms with Gasteiger partial charge in [-0.1, -0.05) is 18.5 Å². The number of aromatic nitrogens is 2. The standard InChI is InChI=1S/C12H18ClN5O2/c1-2-3-15-11(19)8-7-20-5-4-18(8)10-6-9(13)16-12(14)17-10/h6,8H,2-5,7H2,1H3,(H,15,19)(H2,14,16,17). The lowest BCUT2D eigenvalue weighted by molar-refractivity contribution is -0.124. The molecule has 1 unspecified atom stereocenters. The first-order valence-corrected chi connectivity index (χ1v) is 6.91. The number of carbonyl (C=O) groups is 1. The lowest BCUT2D eigenvalue weighted by Crippen LogP contribution is -2.54. The zero-order chi connectivity index (χ0) is 14.5. The Bertz CT molecular complexity index is 465. The summed E-state index contributed by atoms with van der Waals surface area (Å²) in [5, 5.41) is 3.12. The summed E-state index contributed by atoms with van der Waals surface area (Å²) in [6, 6.07) is 1.17. The molecule has 1 atom stereocenters. The van der Waals surface area contributed by atoms with E-state index in [2.05, 4.69) is 15.3 Å². The van der Waals surface area contributed by atoms with Crippen LogP contribution in [0.2, 0.25) is 5.15 Å². The molecule has 0 spiro atoms. The normalized spacial score (nSPS) is 18.9. The number of hydrogen-bond donors (Lipinski definition) is 2. The Morgan fingerprint density at radius 2 is 2.45 bits per heavy atom. The van der Waals surface area contributed by atoms with Crippen LogP contribution in [0.15, 0.2) is 6.07 Å². The maximum atomic E-state index is 12.2. The van der Waals surface area contributed by atoms with Gasteiger partial charge in [0.15, 0.2) is 0 Å². The van der Waals surface area contributed by atoms with Crippen molar-refractivity contribution < 1.29 is 9.53 Å². The molecule has 2 heterocycles. The molecule has 1 saturated heterocycles. The van der Waals surface area contributed by atoms with Crippen molar-refractivity contribution in [2.24, 2.45) is 0 Å². The van der Waals surface area contributed by atoms with Crippen molar-refractivity contribution in [3.63, 3.8) is 0 Å². The third kappa shape index (κ3) is 3.49. The first kappa shape index (κ1) is 14.8. The number of nitrogens with zero attached hydrogens (tertiary/aromatic N) is 3. The Morgan fingerprint density at radius 1 is 1.65 bits per heavy atom. The van der Waals surface area contributed by atoms with E-state index in [0.29, 0.717) is 32.1 Å². The Hall–Kier alpha value is -1.60. The molecule has 2 rings (SSSR count). The van der Waals surface area contributed by atoms with E-state index < -0.39 is 6.04 Å². The van der Waals surface area contributed by atoms with Crippen molar-refractivity contribution in [3.8, 4) is 0 Å². The third-order valence-corrected chi connectivity index (χ3v) is 3.17. The van der Waals surface area contributed by atoms with E-state index in [0.717, 1.165) is 6.42 Å². The van der Waals surface area contributed by atoms with E-state index in [9.17, 15) is 4.79 Å². The summed E-state index contributed by atoms with van der Waals surface area (Å²) in [6.07, 6.45) is 0.881. The van der Waals surface area contributed by atoms with Crippen LogP contribution >= 0.6 is 11.6 Å². The van der Waals surface area contributed by atoms with E-state index in [-0.39, 0.29) is 17.0 Å². The van der Waals surface area contributed by atoms with Crippen molar-refractivity contribution in [1.82, 2.24) is 15.3 Å². The molecule has 1 aromatic rings. The smallest absolute Gasteiger partial charge is 0.245 e. The van der Waals surface area contributed by atoms with Gasteiger partial charge < -0.3 is 20.7 Å². The van der Waals surface area contributed by atoms with Gasteiger partial charge in [0.2, 0.25) is 11.9 Å². The van der Waals surface area contributed by atoms with E-state index in [4.69, 9.17) is 22.1 Å². The summed E-state index contributed by atoms with van der Waals surface area (Å²) in [5.41, 5.74) is 5.60. The van der Waals surface area contributed by atoms with Gasteiger partial charge in [0.25, 0.3) is 0 Å². The first-order chi connectivity index (χ1) is 9.61. The average molecular weight is 300 g/mol. The second-order valence-corrected chi connectivity index (χ2v) is 4.87. The highest BCUT2D eigenvalue weighted by molar-refractivity contribution is 6.29. The molecule has 110 valence electrons. The average Bonchev–Trinajstić information content (AvgIpc) is 2.43. The van der Waals surface area contributed by atoms with Gasteiger partial charge in [-0.15, -0.1) is 0 Å². The quantitative estimate of drug-likeness (QED) is 0.784. The van der Waals surface area contributed by atoms with E-state index in [1.54, 1.807) is 6.07 Å². The fourth-order valence-electron chi connectivity index (χ4n) is 2.03. The molecule has 1 aromatic heterocycles. The van der Waals surface area contributed by atoms with E-state index in [1.807, 2.05) is 11.8 Å². The van der Waals surface area contributed by atoms with Crippen molar-refractivity contribution >= 4 is 29.3 Å². The fraction of sp³-hybridized carbons (Fsp3) is 0.583. The number of hydrogen-bond acceptors (Lipinski definition) is 6. The van der Waals surface area contributed by atoms with Crippen LogP contribution in [0.5, 0.6) is 0 Å². The number of morpholine rings is 1. The number of anilines is 2. The van der Waals surface area contributed by atoms with Crippen LogP contribution in [0.3, 0.4) is 0 Å². The highest BCUT2D eigenvalue weighted by Gasteiger charge is 2.30. The highest BCUT2D eigenvalue weighted by atomic mass is 35.5. The molecule has 1 fully saturated rings. The zero-order valence-corrected chi connectivity index (χ0v) is 12.1. The predicted octanol–water partition coefficient (Wildman–Crippen LogP) is 0.444. The highest BCUT2D eigenvalue weighted by Crippen LogP contribution is 2.21. The number of ether oxygens (including phenoxy) is 1. The van der Waals surface area contributed by atoms with Crippen LogP contribution in [0, 0.1) is 0 Å². The van der Waals surface area contributed by atoms with Crippen LogP contribution < -0.4 is 16.0 Å². The second-order valence-electron chi connectivity index (χ2n) is 4.48. The van der Waals surface area contributed by atoms with Gasteiger partial charge in [0.1, 0.15) is 17.0 Å². The van der Waals surface area contributed by atoms with Gasteiger partial charge in [-0.25, -0.2) is 4.98 Å². The number of halogens is 1. The minimum Gasteiger partial charge on any atom is -0.377 e. The molecule has 1 aliphatic rings. The van der Waals surface area contributed by atoms with Crippen LogP contribution in [0.1, 0.15) is 13.3 Å². The molecule has 0 bridgehead atoms. The van der Waals surface area contributed by atoms with Gasteiger partial charge in [-0.3, -0.25) is 4.79 Å². The molecule has 0 aliphatic carbocycles. The Morgan fingerprint density at radius 3 is 3.15 bits per heavy atom. The molecule has 1 amide bonds. The lowest BCUT2D eigenvalue weighted by Gasteiger charge is -2.35. The van der Waals surface area contributed by atoms with Crippen molar-refractivity contribution in [1.29, 1.82) is 0 Å². The lowest BCUT2D eigenvalue weighted by atomic mass is 10.2. The van der Waals surface area contributed by atoms with Crippen LogP contribution in [-0.4, -0.2) is 48.2 Å². The van der Waals surface area contributed by atoms with Crippen LogP contribution in [0.25, 0.3) is 0 Å². The molecule has 1 aliphatic heterocycles. The number of rotatable bonds is 4. The molecule has 0 aromatic carbocycles. The van der Waals surface area contributed by atoms with Gasteiger partial charge in [-0.05, 0) is 6.42 Å². The largest absolute Gasteiger partial charge is 0.377 e. The summed E-state index contributed by atoms with van der Waals surface area (Å²) in [4.78, 5) is 22.0. The topological polar surface area (TPSA) is 93.4 Å². The molecular weight excluding hydrogens is 282 g/mol. The first-order valence-electron chi connectivity index (χ1n) is 6.54. The van der Waals surface area contributed by atoms with Crippen molar-refractivity contribution in [2.45, 2.75) is 19.4 Å². The number of nitrogens with one attached hydrogen (secondary N) is 1. The zero-order valence-electron chi connectivity index (χ0n) is 11.3. The van der Waals surface area contributed by atoms with Gasteiger partial charge in [0.05, 0.1) is 13.2 Å². The maximum absolute atomic E-state index is 12.2. The van der Waals surface area contributed by atoms with Crippen molar-refractivity contribution in [2.75, 3.05) is 36.9 Å². The van der Waals surface area contributed by atoms with Crippen molar-refractivity contribution in [3.05, 3.63) is 11.2 Å². The SMILES string of the molecule is CCCNC(=O)C1COCCN1c1cc(Cl)nc(N)n1. The Kier molecular flexibility index (Phi) is 4.97. The Labute approximate surface area is 122 Å². The van der Waals surface area contributed by atoms with Gasteiger partial charge in [-0.2, -0.15) is 4.98 Å². The monoisotopic (exact) mass is 299 g/mol. The molecule has 20 heavy (non-hydrogen) atoms. The predicted molar refractivity (Wildman–Crippen MR) is 76.7 cm³/mol. The molecule has 0 saturated carbocycles. The molecule has 8 heteroatoms. The molecular formula is C12H18ClN5O2. The fourth-order valence-corrected chi connectivity index (χ4v) is 2.22. The van der Waals surface area contributed by atoms with Crippen LogP contribution in [-0.2, 0) is 9.53 Å². The van der Waals surface area contributed by atoms with Gasteiger partial charge in [0, 0.05) is 19.2 Å². The molecule has 7 nitrogen and oxygen atoms in total. The molecule has 0 radical (unpaired) electrons. The number of carbonyl (C=O) groups excluding carboxylic acids is 1. The Balaban J connectivity index is 2.19. The van der Waals surface area contributed by atoms with Gasteiger partial charge >= 0.3 is 0 Å². The van der Waals surface area contributed by atoms with E-state index >= 15 is 0 Å². The minimum atomic E-state index is -0.430. The summed E-state index contributed by atoms with van der Waals surface area (Å²) < 4.78 is 5.39. The van der Waals surface area contributed by atoms with E-state index in [1.165, 1.54) is 0 Å². The second kappa shape index (κ2) is 6.71. The maximum Gasteiger partial charge on any atom is 0.245 e. The number of nitrogen functional groups attached to an aromatic ring is 1.